The molecule has 0 aromatic heterocycles. The van der Waals surface area contributed by atoms with E-state index >= 15 is 0 Å². The maximum absolute atomic E-state index is 12.9. The largest absolute Gasteiger partial charge is 0.493 e. The number of ether oxygens (including phenoxy) is 1. The van der Waals surface area contributed by atoms with Gasteiger partial charge in [-0.25, -0.2) is 0 Å². The SMILES string of the molecule is CC[C@H](O[Si](C)(C)C(C)(C)C)[C@@H](C)C1=C(C)C(=O)[C@@H](C)[C@H]([C@@H](C)CC)O1. The van der Waals surface area contributed by atoms with Gasteiger partial charge in [0.15, 0.2) is 14.1 Å². The number of hydrogen-bond donors (Lipinski definition) is 0. The fourth-order valence-electron chi connectivity index (χ4n) is 3.50. The Kier molecular flexibility index (Phi) is 7.75. The molecule has 152 valence electrons. The first-order valence-electron chi connectivity index (χ1n) is 10.4. The maximum Gasteiger partial charge on any atom is 0.192 e. The standard InChI is InChI=1S/C22H42O3Si/c1-12-14(3)20-16(5)19(23)17(6)21(24-20)15(4)18(13-2)25-26(10,11)22(7,8)9/h14-16,18,20H,12-13H2,1-11H3/t14-,15+,16+,18-,20-/m0/s1. The topological polar surface area (TPSA) is 35.5 Å². The fourth-order valence-corrected chi connectivity index (χ4v) is 4.98. The van der Waals surface area contributed by atoms with Gasteiger partial charge < -0.3 is 9.16 Å². The molecular formula is C22H42O3Si. The minimum Gasteiger partial charge on any atom is -0.493 e. The van der Waals surface area contributed by atoms with Crippen molar-refractivity contribution in [1.82, 2.24) is 0 Å². The molecule has 0 bridgehead atoms. The molecule has 0 fully saturated rings. The van der Waals surface area contributed by atoms with Gasteiger partial charge in [-0.2, -0.15) is 0 Å². The molecule has 1 rings (SSSR count). The fraction of sp³-hybridized carbons (Fsp3) is 0.864. The normalized spacial score (nSPS) is 25.7. The van der Waals surface area contributed by atoms with E-state index in [2.05, 4.69) is 61.6 Å². The molecule has 0 aliphatic carbocycles. The van der Waals surface area contributed by atoms with Crippen LogP contribution in [0, 0.1) is 17.8 Å². The van der Waals surface area contributed by atoms with Crippen molar-refractivity contribution < 1.29 is 14.0 Å². The molecule has 4 heteroatoms. The summed E-state index contributed by atoms with van der Waals surface area (Å²) in [7, 11) is -1.88. The molecule has 0 saturated carbocycles. The minimum absolute atomic E-state index is 0.0287. The minimum atomic E-state index is -1.88. The zero-order valence-corrected chi connectivity index (χ0v) is 20.0. The summed E-state index contributed by atoms with van der Waals surface area (Å²) < 4.78 is 13.2. The highest BCUT2D eigenvalue weighted by molar-refractivity contribution is 6.74. The van der Waals surface area contributed by atoms with Gasteiger partial charge in [-0.1, -0.05) is 61.8 Å². The Labute approximate surface area is 163 Å². The van der Waals surface area contributed by atoms with Crippen molar-refractivity contribution in [2.24, 2.45) is 17.8 Å². The zero-order valence-electron chi connectivity index (χ0n) is 19.0. The number of rotatable bonds is 7. The molecule has 0 N–H and O–H groups in total. The molecule has 5 atom stereocenters. The van der Waals surface area contributed by atoms with Gasteiger partial charge in [-0.15, -0.1) is 0 Å². The van der Waals surface area contributed by atoms with Gasteiger partial charge in [0, 0.05) is 11.5 Å². The lowest BCUT2D eigenvalue weighted by Gasteiger charge is -2.43. The van der Waals surface area contributed by atoms with Crippen LogP contribution in [0.2, 0.25) is 18.1 Å². The second-order valence-corrected chi connectivity index (χ2v) is 14.5. The van der Waals surface area contributed by atoms with E-state index in [9.17, 15) is 4.79 Å². The van der Waals surface area contributed by atoms with Gasteiger partial charge in [-0.3, -0.25) is 4.79 Å². The van der Waals surface area contributed by atoms with Crippen LogP contribution in [0.15, 0.2) is 11.3 Å². The van der Waals surface area contributed by atoms with Crippen LogP contribution in [-0.2, 0) is 14.0 Å². The highest BCUT2D eigenvalue weighted by atomic mass is 28.4. The van der Waals surface area contributed by atoms with Crippen molar-refractivity contribution >= 4 is 14.1 Å². The molecule has 1 heterocycles. The van der Waals surface area contributed by atoms with Crippen LogP contribution >= 0.6 is 0 Å². The summed E-state index contributed by atoms with van der Waals surface area (Å²) in [5.74, 6) is 1.50. The lowest BCUT2D eigenvalue weighted by atomic mass is 9.82. The van der Waals surface area contributed by atoms with Crippen molar-refractivity contribution in [3.8, 4) is 0 Å². The van der Waals surface area contributed by atoms with Crippen LogP contribution in [0.3, 0.4) is 0 Å². The summed E-state index contributed by atoms with van der Waals surface area (Å²) in [6, 6.07) is 0. The van der Waals surface area contributed by atoms with E-state index in [-0.39, 0.29) is 34.9 Å². The summed E-state index contributed by atoms with van der Waals surface area (Å²) in [4.78, 5) is 12.9. The number of allylic oxidation sites excluding steroid dienone is 1. The van der Waals surface area contributed by atoms with Crippen LogP contribution in [0.1, 0.15) is 75.2 Å². The maximum atomic E-state index is 12.9. The molecule has 0 spiro atoms. The van der Waals surface area contributed by atoms with Crippen LogP contribution in [0.5, 0.6) is 0 Å². The molecule has 3 nitrogen and oxygen atoms in total. The second kappa shape index (κ2) is 8.60. The molecule has 0 unspecified atom stereocenters. The van der Waals surface area contributed by atoms with E-state index in [1.165, 1.54) is 0 Å². The third kappa shape index (κ3) is 4.81. The monoisotopic (exact) mass is 382 g/mol. The van der Waals surface area contributed by atoms with E-state index < -0.39 is 8.32 Å². The van der Waals surface area contributed by atoms with Gasteiger partial charge >= 0.3 is 0 Å². The first-order chi connectivity index (χ1) is 11.8. The van der Waals surface area contributed by atoms with E-state index in [0.717, 1.165) is 24.2 Å². The Balaban J connectivity index is 3.15. The lowest BCUT2D eigenvalue weighted by Crippen LogP contribution is -2.47. The molecular weight excluding hydrogens is 340 g/mol. The molecule has 1 aliphatic heterocycles. The van der Waals surface area contributed by atoms with Gasteiger partial charge in [0.2, 0.25) is 0 Å². The van der Waals surface area contributed by atoms with E-state index in [1.54, 1.807) is 0 Å². The molecule has 1 aliphatic rings. The Morgan fingerprint density at radius 3 is 2.12 bits per heavy atom. The molecule has 0 aromatic carbocycles. The van der Waals surface area contributed by atoms with Crippen molar-refractivity contribution in [2.75, 3.05) is 0 Å². The number of carbonyl (C=O) groups excluding carboxylic acids is 1. The summed E-state index contributed by atoms with van der Waals surface area (Å²) >= 11 is 0. The van der Waals surface area contributed by atoms with Gasteiger partial charge in [-0.05, 0) is 37.4 Å². The zero-order chi connectivity index (χ0) is 20.4. The average Bonchev–Trinajstić information content (AvgIpc) is 2.55. The van der Waals surface area contributed by atoms with Gasteiger partial charge in [0.1, 0.15) is 11.9 Å². The quantitative estimate of drug-likeness (QED) is 0.481. The molecule has 0 saturated heterocycles. The summed E-state index contributed by atoms with van der Waals surface area (Å²) in [6.07, 6.45) is 1.99. The van der Waals surface area contributed by atoms with Crippen LogP contribution in [0.25, 0.3) is 0 Å². The third-order valence-electron chi connectivity index (χ3n) is 6.74. The number of hydrogen-bond acceptors (Lipinski definition) is 3. The van der Waals surface area contributed by atoms with Gasteiger partial charge in [0.25, 0.3) is 0 Å². The number of Topliss-reactive ketones (excluding diaryl/α,β-unsaturated/α-hetero) is 1. The second-order valence-electron chi connectivity index (χ2n) is 9.72. The predicted octanol–water partition coefficient (Wildman–Crippen LogP) is 6.35. The highest BCUT2D eigenvalue weighted by Gasteiger charge is 2.43. The predicted molar refractivity (Wildman–Crippen MR) is 113 cm³/mol. The molecule has 0 amide bonds. The van der Waals surface area contributed by atoms with Crippen molar-refractivity contribution in [3.63, 3.8) is 0 Å². The lowest BCUT2D eigenvalue weighted by molar-refractivity contribution is -0.128. The Hall–Kier alpha value is -0.613. The number of carbonyl (C=O) groups is 1. The molecule has 0 radical (unpaired) electrons. The third-order valence-corrected chi connectivity index (χ3v) is 11.2. The van der Waals surface area contributed by atoms with Crippen molar-refractivity contribution in [3.05, 3.63) is 11.3 Å². The Morgan fingerprint density at radius 1 is 1.15 bits per heavy atom. The van der Waals surface area contributed by atoms with E-state index in [4.69, 9.17) is 9.16 Å². The molecule has 26 heavy (non-hydrogen) atoms. The van der Waals surface area contributed by atoms with E-state index in [1.807, 2.05) is 13.8 Å². The highest BCUT2D eigenvalue weighted by Crippen LogP contribution is 2.41. The average molecular weight is 383 g/mol. The van der Waals surface area contributed by atoms with E-state index in [0.29, 0.717) is 5.92 Å². The smallest absolute Gasteiger partial charge is 0.192 e. The summed E-state index contributed by atoms with van der Waals surface area (Å²) in [5.41, 5.74) is 0.793. The molecule has 0 aromatic rings. The van der Waals surface area contributed by atoms with Crippen molar-refractivity contribution in [1.29, 1.82) is 0 Å². The summed E-state index contributed by atoms with van der Waals surface area (Å²) in [5, 5.41) is 0.167. The Bertz CT molecular complexity index is 530. The number of ketones is 1. The van der Waals surface area contributed by atoms with Crippen LogP contribution < -0.4 is 0 Å². The summed E-state index contributed by atoms with van der Waals surface area (Å²) in [6.45, 7) is 24.0. The Morgan fingerprint density at radius 2 is 1.69 bits per heavy atom. The first kappa shape index (κ1) is 23.4. The van der Waals surface area contributed by atoms with Crippen LogP contribution in [-0.4, -0.2) is 26.3 Å². The van der Waals surface area contributed by atoms with Crippen molar-refractivity contribution in [2.45, 2.75) is 105 Å². The first-order valence-corrected chi connectivity index (χ1v) is 13.3. The van der Waals surface area contributed by atoms with Crippen LogP contribution in [0.4, 0.5) is 0 Å². The van der Waals surface area contributed by atoms with Gasteiger partial charge in [0.05, 0.1) is 12.0 Å².